The van der Waals surface area contributed by atoms with E-state index in [1.54, 1.807) is 0 Å². The first kappa shape index (κ1) is 19.9. The van der Waals surface area contributed by atoms with Crippen LogP contribution in [-0.4, -0.2) is 24.6 Å². The Morgan fingerprint density at radius 1 is 1.25 bits per heavy atom. The van der Waals surface area contributed by atoms with Crippen LogP contribution in [0.15, 0.2) is 0 Å². The summed E-state index contributed by atoms with van der Waals surface area (Å²) in [5.41, 5.74) is 0. The van der Waals surface area contributed by atoms with Crippen LogP contribution in [0.1, 0.15) is 0 Å². The molecule has 0 aromatic carbocycles. The van der Waals surface area contributed by atoms with Gasteiger partial charge in [-0.05, 0) is 0 Å². The molecule has 3 radical (unpaired) electrons. The molecule has 1 nitrogen and oxygen atoms in total. The molecule has 4 heteroatoms. The van der Waals surface area contributed by atoms with Gasteiger partial charge in [0.1, 0.15) is 0 Å². The van der Waals surface area contributed by atoms with E-state index in [0.717, 1.165) is 0 Å². The molecule has 0 aromatic rings. The van der Waals surface area contributed by atoms with Crippen LogP contribution in [0.25, 0.3) is 0 Å². The minimum absolute atomic E-state index is 0. The first-order chi connectivity index (χ1) is 1.00. The van der Waals surface area contributed by atoms with Gasteiger partial charge in [-0.25, -0.2) is 0 Å². The Hall–Kier alpha value is 1.02. The van der Waals surface area contributed by atoms with E-state index < -0.39 is 0 Å². The summed E-state index contributed by atoms with van der Waals surface area (Å²) in [6.45, 7) is 0. The molecule has 0 heterocycles. The molecule has 0 spiro atoms. The third-order valence-corrected chi connectivity index (χ3v) is 0. The van der Waals surface area contributed by atoms with E-state index in [2.05, 4.69) is 0 Å². The van der Waals surface area contributed by atoms with Crippen molar-refractivity contribution in [1.82, 2.24) is 0 Å². The molecule has 0 fully saturated rings. The van der Waals surface area contributed by atoms with E-state index in [9.17, 15) is 0 Å². The molecule has 0 saturated heterocycles. The number of hydrogen-bond donors (Lipinski definition) is 0. The predicted molar refractivity (Wildman–Crippen MR) is 13.6 cm³/mol. The molecule has 0 aliphatic rings. The molecule has 0 aliphatic carbocycles. The van der Waals surface area contributed by atoms with E-state index in [1.165, 1.54) is 0 Å². The summed E-state index contributed by atoms with van der Waals surface area (Å²) in [4.78, 5) is 0. The molecular weight excluding hydrogens is 119 g/mol. The van der Waals surface area contributed by atoms with Gasteiger partial charge in [0.2, 0.25) is 0 Å². The van der Waals surface area contributed by atoms with Crippen molar-refractivity contribution in [2.75, 3.05) is 0 Å². The summed E-state index contributed by atoms with van der Waals surface area (Å²) in [7, 11) is 0. The Kier molecular flexibility index (Phi) is 175. The van der Waals surface area contributed by atoms with Crippen molar-refractivity contribution in [1.29, 1.82) is 0 Å². The van der Waals surface area contributed by atoms with Crippen LogP contribution in [0.2, 0.25) is 0 Å². The second kappa shape index (κ2) is 35.2. The van der Waals surface area contributed by atoms with Gasteiger partial charge in [-0.1, -0.05) is 0 Å². The zero-order valence-corrected chi connectivity index (χ0v) is 6.78. The molecule has 0 unspecified atom stereocenters. The largest absolute Gasteiger partial charge is 0 e. The van der Waals surface area contributed by atoms with Crippen molar-refractivity contribution < 1.29 is 23.3 Å². The standard InChI is InChI=1S/Al.B.O.Zn.H. The first-order valence-corrected chi connectivity index (χ1v) is 0.866. The van der Waals surface area contributed by atoms with Crippen LogP contribution in [0.4, 0.5) is 0 Å². The van der Waals surface area contributed by atoms with Crippen molar-refractivity contribution in [3.8, 4) is 0 Å². The zero-order valence-electron chi connectivity index (χ0n) is 2.40. The summed E-state index contributed by atoms with van der Waals surface area (Å²) in [5, 5.41) is 0. The van der Waals surface area contributed by atoms with E-state index in [1.807, 2.05) is 0 Å². The van der Waals surface area contributed by atoms with Gasteiger partial charge in [0.05, 0.1) is 0 Å². The van der Waals surface area contributed by atoms with Crippen LogP contribution < -0.4 is 0 Å². The average Bonchev–Trinajstić information content (AvgIpc) is 1.00. The van der Waals surface area contributed by atoms with Crippen LogP contribution in [0.5, 0.6) is 0 Å². The second-order valence-corrected chi connectivity index (χ2v) is 0. The van der Waals surface area contributed by atoms with Gasteiger partial charge in [0.15, 0.2) is 0 Å². The van der Waals surface area contributed by atoms with Gasteiger partial charge >= 0.3 is 20.0 Å². The van der Waals surface area contributed by atoms with Gasteiger partial charge in [-0.15, -0.1) is 0 Å². The second-order valence-electron chi connectivity index (χ2n) is 0. The van der Waals surface area contributed by atoms with Gasteiger partial charge in [-0.2, -0.15) is 0 Å². The minimum Gasteiger partial charge on any atom is 0 e. The fraction of sp³-hybridized carbons (Fsp3) is 0. The molecule has 0 saturated carbocycles. The smallest absolute Gasteiger partial charge is 0 e. The molecule has 0 amide bonds. The maximum absolute atomic E-state index is 8.28. The molecule has 4 heavy (non-hydrogen) atoms. The van der Waals surface area contributed by atoms with Crippen molar-refractivity contribution >= 4 is 24.6 Å². The molecule has 15 valence electrons. The SMILES string of the molecule is [B].[O]=[AlH].[Zn]. The molecule has 0 rings (SSSR count). The maximum Gasteiger partial charge on any atom is 0 e. The predicted octanol–water partition coefficient (Wildman–Crippen LogP) is -1.15. The van der Waals surface area contributed by atoms with E-state index in [4.69, 9.17) is 3.80 Å². The summed E-state index contributed by atoms with van der Waals surface area (Å²) >= 11 is 0.611. The average molecular weight is 120 g/mol. The molecular formula is HAlBOZn. The number of hydrogen-bond acceptors (Lipinski definition) is 1. The fourth-order valence-electron chi connectivity index (χ4n) is 0. The van der Waals surface area contributed by atoms with Gasteiger partial charge in [0, 0.05) is 27.9 Å². The van der Waals surface area contributed by atoms with Gasteiger partial charge in [-0.3, -0.25) is 0 Å². The zero-order chi connectivity index (χ0) is 2.00. The fourth-order valence-corrected chi connectivity index (χ4v) is 0. The van der Waals surface area contributed by atoms with E-state index >= 15 is 0 Å². The van der Waals surface area contributed by atoms with E-state index in [0.29, 0.717) is 16.2 Å². The Morgan fingerprint density at radius 2 is 1.25 bits per heavy atom. The molecule has 0 atom stereocenters. The Balaban J connectivity index is -0.00000000500. The van der Waals surface area contributed by atoms with Crippen LogP contribution in [0.3, 0.4) is 0 Å². The Morgan fingerprint density at radius 3 is 1.25 bits per heavy atom. The summed E-state index contributed by atoms with van der Waals surface area (Å²) in [6, 6.07) is 0. The van der Waals surface area contributed by atoms with Crippen LogP contribution >= 0.6 is 0 Å². The topological polar surface area (TPSA) is 17.1 Å². The van der Waals surface area contributed by atoms with E-state index in [-0.39, 0.29) is 27.9 Å². The Bertz CT molecular complexity index is 8.00. The van der Waals surface area contributed by atoms with Crippen molar-refractivity contribution in [2.45, 2.75) is 0 Å². The summed E-state index contributed by atoms with van der Waals surface area (Å²) in [6.07, 6.45) is 0. The summed E-state index contributed by atoms with van der Waals surface area (Å²) < 4.78 is 8.28. The molecule has 0 aliphatic heterocycles. The van der Waals surface area contributed by atoms with Gasteiger partial charge in [0.25, 0.3) is 0 Å². The molecule has 0 aromatic heterocycles. The van der Waals surface area contributed by atoms with Gasteiger partial charge < -0.3 is 0 Å². The maximum atomic E-state index is 8.28. The number of rotatable bonds is 0. The first-order valence-electron chi connectivity index (χ1n) is 0.289. The van der Waals surface area contributed by atoms with Crippen molar-refractivity contribution in [3.63, 3.8) is 0 Å². The third kappa shape index (κ3) is 11.8. The monoisotopic (exact) mass is 119 g/mol. The van der Waals surface area contributed by atoms with Crippen molar-refractivity contribution in [3.05, 3.63) is 0 Å². The minimum atomic E-state index is 0. The van der Waals surface area contributed by atoms with Crippen molar-refractivity contribution in [2.24, 2.45) is 0 Å². The normalized spacial score (nSPS) is 0.750. The molecule has 0 N–H and O–H groups in total. The Labute approximate surface area is 48.1 Å². The van der Waals surface area contributed by atoms with Crippen LogP contribution in [0, 0.1) is 0 Å². The van der Waals surface area contributed by atoms with Crippen LogP contribution in [-0.2, 0) is 23.3 Å². The molecule has 0 bridgehead atoms. The quantitative estimate of drug-likeness (QED) is 0.369. The summed E-state index contributed by atoms with van der Waals surface area (Å²) in [5.74, 6) is 0. The third-order valence-electron chi connectivity index (χ3n) is 0.